The summed E-state index contributed by atoms with van der Waals surface area (Å²) in [6, 6.07) is 0. The smallest absolute Gasteiger partial charge is 0.331 e. The molecule has 1 N–H and O–H groups in total. The van der Waals surface area contributed by atoms with Crippen LogP contribution >= 0.6 is 0 Å². The van der Waals surface area contributed by atoms with E-state index in [0.29, 0.717) is 6.42 Å². The SMILES string of the molecule is CCC/C=C/C=C/C=C/C(=O)O[C@@H]1C2=CC(=O)C(C)(OC(C)=O)C(=O)C2=CO[C@]12OC(C)CC[C@@H]2OC(=O)CCC(=O)O. The van der Waals surface area contributed by atoms with Crippen molar-refractivity contribution in [1.82, 2.24) is 0 Å². The van der Waals surface area contributed by atoms with Crippen molar-refractivity contribution in [3.8, 4) is 0 Å². The van der Waals surface area contributed by atoms with Gasteiger partial charge in [-0.2, -0.15) is 0 Å². The molecule has 0 amide bonds. The summed E-state index contributed by atoms with van der Waals surface area (Å²) in [4.78, 5) is 75.0. The Labute approximate surface area is 249 Å². The molecule has 0 aromatic carbocycles. The van der Waals surface area contributed by atoms with Crippen LogP contribution in [0.1, 0.15) is 66.2 Å². The van der Waals surface area contributed by atoms with Gasteiger partial charge in [-0.3, -0.25) is 24.0 Å². The van der Waals surface area contributed by atoms with Gasteiger partial charge < -0.3 is 28.8 Å². The van der Waals surface area contributed by atoms with Crippen LogP contribution in [0.5, 0.6) is 0 Å². The molecule has 12 heteroatoms. The molecule has 3 aliphatic rings. The lowest BCUT2D eigenvalue weighted by molar-refractivity contribution is -0.333. The molecule has 1 fully saturated rings. The van der Waals surface area contributed by atoms with Crippen molar-refractivity contribution in [1.29, 1.82) is 0 Å². The summed E-state index contributed by atoms with van der Waals surface area (Å²) < 4.78 is 28.6. The minimum atomic E-state index is -2.18. The van der Waals surface area contributed by atoms with Crippen LogP contribution in [-0.2, 0) is 52.5 Å². The van der Waals surface area contributed by atoms with Crippen LogP contribution in [0.25, 0.3) is 0 Å². The first kappa shape index (κ1) is 33.2. The van der Waals surface area contributed by atoms with Gasteiger partial charge in [-0.05, 0) is 39.2 Å². The van der Waals surface area contributed by atoms with Gasteiger partial charge in [0.15, 0.2) is 12.2 Å². The molecule has 12 nitrogen and oxygen atoms in total. The number of aliphatic carboxylic acids is 1. The summed E-state index contributed by atoms with van der Waals surface area (Å²) in [7, 11) is 0. The van der Waals surface area contributed by atoms with E-state index >= 15 is 0 Å². The number of hydrogen-bond acceptors (Lipinski definition) is 11. The second kappa shape index (κ2) is 14.2. The molecule has 3 rings (SSSR count). The standard InChI is InChI=1S/C31H36O12/c1-5-6-7-8-9-10-11-12-26(36)41-29-21-17-23(33)30(4,43-20(3)32)28(38)22(21)18-39-31(29)24(14-13-19(2)42-31)40-27(37)16-15-25(34)35/h7-12,17-19,24,29H,5-6,13-16H2,1-4H3,(H,34,35)/b8-7+,10-9+,12-11+/t19?,24-,29+,30?,31+/m0/s1. The number of rotatable bonds is 11. The van der Waals surface area contributed by atoms with Crippen molar-refractivity contribution in [2.45, 2.75) is 95.9 Å². The maximum atomic E-state index is 13.5. The number of carbonyl (C=O) groups excluding carboxylic acids is 5. The third-order valence-electron chi connectivity index (χ3n) is 6.98. The van der Waals surface area contributed by atoms with E-state index in [1.807, 2.05) is 19.1 Å². The van der Waals surface area contributed by atoms with Gasteiger partial charge in [0, 0.05) is 18.6 Å². The van der Waals surface area contributed by atoms with Crippen LogP contribution in [0.3, 0.4) is 0 Å². The molecular formula is C31H36O12. The molecule has 43 heavy (non-hydrogen) atoms. The Balaban J connectivity index is 2.03. The predicted octanol–water partition coefficient (Wildman–Crippen LogP) is 3.35. The summed E-state index contributed by atoms with van der Waals surface area (Å²) >= 11 is 0. The Bertz CT molecular complexity index is 1300. The fourth-order valence-corrected chi connectivity index (χ4v) is 4.85. The Kier molecular flexibility index (Phi) is 11.0. The van der Waals surface area contributed by atoms with Crippen LogP contribution in [0.2, 0.25) is 0 Å². The van der Waals surface area contributed by atoms with Crippen molar-refractivity contribution in [3.63, 3.8) is 0 Å². The molecule has 232 valence electrons. The van der Waals surface area contributed by atoms with Crippen LogP contribution in [0.4, 0.5) is 0 Å². The lowest BCUT2D eigenvalue weighted by Crippen LogP contribution is -2.65. The Morgan fingerprint density at radius 1 is 1.07 bits per heavy atom. The quantitative estimate of drug-likeness (QED) is 0.121. The zero-order chi connectivity index (χ0) is 31.8. The molecule has 1 saturated heterocycles. The predicted molar refractivity (Wildman–Crippen MR) is 149 cm³/mol. The third-order valence-corrected chi connectivity index (χ3v) is 6.98. The average molecular weight is 601 g/mol. The number of allylic oxidation sites excluding steroid dienone is 5. The van der Waals surface area contributed by atoms with Gasteiger partial charge in [-0.25, -0.2) is 4.79 Å². The van der Waals surface area contributed by atoms with E-state index in [9.17, 15) is 28.8 Å². The van der Waals surface area contributed by atoms with Crippen molar-refractivity contribution >= 4 is 35.4 Å². The second-order valence-corrected chi connectivity index (χ2v) is 10.4. The second-order valence-electron chi connectivity index (χ2n) is 10.4. The highest BCUT2D eigenvalue weighted by Crippen LogP contribution is 2.46. The number of ketones is 2. The zero-order valence-corrected chi connectivity index (χ0v) is 24.5. The zero-order valence-electron chi connectivity index (χ0n) is 24.5. The minimum absolute atomic E-state index is 0.0913. The van der Waals surface area contributed by atoms with Gasteiger partial charge in [0.05, 0.1) is 30.8 Å². The fourth-order valence-electron chi connectivity index (χ4n) is 4.85. The maximum absolute atomic E-state index is 13.5. The molecule has 0 aromatic heterocycles. The molecule has 0 saturated carbocycles. The number of carboxylic acid groups (broad SMARTS) is 1. The molecule has 5 atom stereocenters. The van der Waals surface area contributed by atoms with E-state index < -0.39 is 78.0 Å². The van der Waals surface area contributed by atoms with Crippen LogP contribution in [0, 0.1) is 0 Å². The van der Waals surface area contributed by atoms with E-state index in [1.165, 1.54) is 6.08 Å². The summed E-state index contributed by atoms with van der Waals surface area (Å²) in [5.74, 6) is -7.62. The maximum Gasteiger partial charge on any atom is 0.331 e. The number of ether oxygens (including phenoxy) is 5. The van der Waals surface area contributed by atoms with E-state index in [-0.39, 0.29) is 17.6 Å². The van der Waals surface area contributed by atoms with Crippen LogP contribution in [-0.4, -0.2) is 70.3 Å². The van der Waals surface area contributed by atoms with Gasteiger partial charge in [-0.15, -0.1) is 0 Å². The Morgan fingerprint density at radius 3 is 2.47 bits per heavy atom. The molecular weight excluding hydrogens is 564 g/mol. The van der Waals surface area contributed by atoms with Crippen molar-refractivity contribution < 1.29 is 57.6 Å². The van der Waals surface area contributed by atoms with Gasteiger partial charge in [-0.1, -0.05) is 43.7 Å². The van der Waals surface area contributed by atoms with E-state index in [0.717, 1.165) is 45.1 Å². The van der Waals surface area contributed by atoms with E-state index in [1.54, 1.807) is 19.1 Å². The number of fused-ring (bicyclic) bond motifs is 1. The topological polar surface area (TPSA) is 169 Å². The van der Waals surface area contributed by atoms with Crippen LogP contribution in [0.15, 0.2) is 59.9 Å². The lowest BCUT2D eigenvalue weighted by Gasteiger charge is -2.50. The number of esters is 3. The highest BCUT2D eigenvalue weighted by Gasteiger charge is 2.63. The molecule has 2 heterocycles. The summed E-state index contributed by atoms with van der Waals surface area (Å²) in [5.41, 5.74) is -2.47. The fraction of sp³-hybridized carbons (Fsp3) is 0.484. The van der Waals surface area contributed by atoms with Crippen LogP contribution < -0.4 is 0 Å². The highest BCUT2D eigenvalue weighted by atomic mass is 16.7. The Morgan fingerprint density at radius 2 is 1.79 bits per heavy atom. The van der Waals surface area contributed by atoms with Gasteiger partial charge in [0.1, 0.15) is 0 Å². The molecule has 0 aromatic rings. The lowest BCUT2D eigenvalue weighted by atomic mass is 9.75. The molecule has 1 aliphatic carbocycles. The van der Waals surface area contributed by atoms with Crippen molar-refractivity contribution in [2.24, 2.45) is 0 Å². The van der Waals surface area contributed by atoms with E-state index in [2.05, 4.69) is 0 Å². The summed E-state index contributed by atoms with van der Waals surface area (Å²) in [6.07, 6.45) is 9.93. The molecule has 2 aliphatic heterocycles. The first-order valence-corrected chi connectivity index (χ1v) is 14.0. The molecule has 0 radical (unpaired) electrons. The normalized spacial score (nSPS) is 28.8. The molecule has 0 bridgehead atoms. The number of Topliss-reactive ketones (excluding diaryl/α,β-unsaturated/α-hetero) is 1. The number of hydrogen-bond donors (Lipinski definition) is 1. The summed E-state index contributed by atoms with van der Waals surface area (Å²) in [5, 5.41) is 8.96. The number of carbonyl (C=O) groups is 6. The third kappa shape index (κ3) is 7.75. The number of unbranched alkanes of at least 4 members (excludes halogenated alkanes) is 1. The van der Waals surface area contributed by atoms with Gasteiger partial charge in [0.2, 0.25) is 17.2 Å². The molecule has 2 unspecified atom stereocenters. The van der Waals surface area contributed by atoms with Crippen molar-refractivity contribution in [2.75, 3.05) is 0 Å². The van der Waals surface area contributed by atoms with Gasteiger partial charge >= 0.3 is 23.9 Å². The average Bonchev–Trinajstić information content (AvgIpc) is 2.93. The number of carboxylic acids is 1. The minimum Gasteiger partial charge on any atom is -0.481 e. The first-order valence-electron chi connectivity index (χ1n) is 14.0. The monoisotopic (exact) mass is 600 g/mol. The summed E-state index contributed by atoms with van der Waals surface area (Å²) in [6.45, 7) is 5.96. The van der Waals surface area contributed by atoms with E-state index in [4.69, 9.17) is 28.8 Å². The first-order chi connectivity index (χ1) is 20.3. The van der Waals surface area contributed by atoms with Gasteiger partial charge in [0.25, 0.3) is 5.79 Å². The van der Waals surface area contributed by atoms with Crippen molar-refractivity contribution in [3.05, 3.63) is 59.9 Å². The molecule has 1 spiro atoms. The Hall–Kier alpha value is -4.32. The largest absolute Gasteiger partial charge is 0.481 e. The highest BCUT2D eigenvalue weighted by molar-refractivity contribution is 6.26.